The second-order valence-electron chi connectivity index (χ2n) is 10.6. The van der Waals surface area contributed by atoms with E-state index >= 15 is 0 Å². The molecule has 4 rings (SSSR count). The predicted molar refractivity (Wildman–Crippen MR) is 137 cm³/mol. The minimum atomic E-state index is -0.237. The van der Waals surface area contributed by atoms with E-state index in [1.165, 1.54) is 18.4 Å². The van der Waals surface area contributed by atoms with Crippen molar-refractivity contribution in [3.05, 3.63) is 58.2 Å². The minimum absolute atomic E-state index is 0.0917. The van der Waals surface area contributed by atoms with Crippen molar-refractivity contribution in [1.82, 2.24) is 25.0 Å². The number of fused-ring (bicyclic) bond motifs is 1. The first-order chi connectivity index (χ1) is 16.8. The number of amides is 2. The second-order valence-corrected chi connectivity index (χ2v) is 10.6. The van der Waals surface area contributed by atoms with Crippen LogP contribution in [0.1, 0.15) is 91.5 Å². The zero-order chi connectivity index (χ0) is 24.9. The fraction of sp³-hybridized carbons (Fsp3) is 0.571. The van der Waals surface area contributed by atoms with Crippen molar-refractivity contribution < 1.29 is 9.59 Å². The summed E-state index contributed by atoms with van der Waals surface area (Å²) in [7, 11) is 0. The largest absolute Gasteiger partial charge is 0.342 e. The van der Waals surface area contributed by atoms with Gasteiger partial charge in [0.2, 0.25) is 5.91 Å². The number of carbonyl (C=O) groups is 2. The van der Waals surface area contributed by atoms with Crippen LogP contribution in [0.5, 0.6) is 0 Å². The summed E-state index contributed by atoms with van der Waals surface area (Å²) in [6.07, 6.45) is 8.80. The van der Waals surface area contributed by atoms with Gasteiger partial charge in [0.05, 0.1) is 6.04 Å². The van der Waals surface area contributed by atoms with Gasteiger partial charge in [0.1, 0.15) is 5.82 Å². The van der Waals surface area contributed by atoms with Gasteiger partial charge < -0.3 is 14.8 Å². The normalized spacial score (nSPS) is 16.9. The van der Waals surface area contributed by atoms with Crippen molar-refractivity contribution in [2.24, 2.45) is 5.92 Å². The molecule has 0 bridgehead atoms. The Kier molecular flexibility index (Phi) is 8.04. The molecule has 0 saturated heterocycles. The van der Waals surface area contributed by atoms with Gasteiger partial charge in [0, 0.05) is 38.0 Å². The Labute approximate surface area is 209 Å². The van der Waals surface area contributed by atoms with Crippen molar-refractivity contribution >= 4 is 11.8 Å². The summed E-state index contributed by atoms with van der Waals surface area (Å²) >= 11 is 0. The molecule has 0 saturated carbocycles. The molecule has 2 amide bonds. The van der Waals surface area contributed by atoms with Crippen LogP contribution in [-0.4, -0.2) is 44.6 Å². The van der Waals surface area contributed by atoms with Crippen LogP contribution in [0.25, 0.3) is 0 Å². The third-order valence-corrected chi connectivity index (χ3v) is 6.98. The van der Waals surface area contributed by atoms with E-state index in [4.69, 9.17) is 0 Å². The average Bonchev–Trinajstić information content (AvgIpc) is 3.09. The van der Waals surface area contributed by atoms with Gasteiger partial charge in [0.25, 0.3) is 5.91 Å². The van der Waals surface area contributed by atoms with Gasteiger partial charge in [-0.1, -0.05) is 42.7 Å². The molecule has 7 heteroatoms. The van der Waals surface area contributed by atoms with Crippen LogP contribution in [0.15, 0.2) is 29.8 Å². The fourth-order valence-electron chi connectivity index (χ4n) is 5.27. The average molecular weight is 478 g/mol. The molecular formula is C28H39N5O2. The van der Waals surface area contributed by atoms with Crippen molar-refractivity contribution in [1.29, 1.82) is 0 Å². The third-order valence-electron chi connectivity index (χ3n) is 6.98. The van der Waals surface area contributed by atoms with Crippen LogP contribution in [-0.2, 0) is 17.8 Å². The van der Waals surface area contributed by atoms with Gasteiger partial charge in [-0.25, -0.2) is 0 Å². The molecule has 1 aromatic carbocycles. The van der Waals surface area contributed by atoms with Crippen LogP contribution >= 0.6 is 0 Å². The van der Waals surface area contributed by atoms with E-state index in [0.717, 1.165) is 42.0 Å². The van der Waals surface area contributed by atoms with Gasteiger partial charge in [-0.2, -0.15) is 0 Å². The van der Waals surface area contributed by atoms with Crippen molar-refractivity contribution in [3.63, 3.8) is 0 Å². The van der Waals surface area contributed by atoms with E-state index in [0.29, 0.717) is 44.0 Å². The maximum absolute atomic E-state index is 13.2. The van der Waals surface area contributed by atoms with E-state index in [1.807, 2.05) is 30.9 Å². The highest BCUT2D eigenvalue weighted by molar-refractivity contribution is 5.94. The summed E-state index contributed by atoms with van der Waals surface area (Å²) in [5.74, 6) is 2.17. The molecule has 7 nitrogen and oxygen atoms in total. The molecule has 0 unspecified atom stereocenters. The predicted octanol–water partition coefficient (Wildman–Crippen LogP) is 4.69. The number of benzene rings is 1. The Balaban J connectivity index is 1.48. The summed E-state index contributed by atoms with van der Waals surface area (Å²) in [5.41, 5.74) is 4.10. The lowest BCUT2D eigenvalue weighted by Crippen LogP contribution is -2.35. The quantitative estimate of drug-likeness (QED) is 0.587. The molecular weight excluding hydrogens is 438 g/mol. The monoisotopic (exact) mass is 477 g/mol. The molecule has 1 N–H and O–H groups in total. The fourth-order valence-corrected chi connectivity index (χ4v) is 5.27. The first-order valence-corrected chi connectivity index (χ1v) is 13.1. The lowest BCUT2D eigenvalue weighted by molar-refractivity contribution is -0.130. The molecule has 35 heavy (non-hydrogen) atoms. The summed E-state index contributed by atoms with van der Waals surface area (Å²) in [4.78, 5) is 28.1. The summed E-state index contributed by atoms with van der Waals surface area (Å²) in [6.45, 7) is 10.3. The zero-order valence-electron chi connectivity index (χ0n) is 21.6. The molecule has 2 heterocycles. The van der Waals surface area contributed by atoms with Crippen LogP contribution in [0.4, 0.5) is 0 Å². The minimum Gasteiger partial charge on any atom is -0.342 e. The van der Waals surface area contributed by atoms with E-state index in [1.54, 1.807) is 0 Å². The van der Waals surface area contributed by atoms with Crippen molar-refractivity contribution in [2.75, 3.05) is 13.1 Å². The lowest BCUT2D eigenvalue weighted by atomic mass is 9.97. The second kappa shape index (κ2) is 11.2. The molecule has 1 atom stereocenters. The molecule has 2 aromatic rings. The summed E-state index contributed by atoms with van der Waals surface area (Å²) in [6, 6.07) is 5.67. The van der Waals surface area contributed by atoms with Gasteiger partial charge in [-0.15, -0.1) is 10.2 Å². The number of allylic oxidation sites excluding steroid dienone is 1. The van der Waals surface area contributed by atoms with E-state index < -0.39 is 0 Å². The molecule has 0 spiro atoms. The van der Waals surface area contributed by atoms with E-state index in [-0.39, 0.29) is 17.9 Å². The molecule has 188 valence electrons. The Bertz CT molecular complexity index is 1080. The SMILES string of the molecule is Cc1cc(C)cc(C(=O)N[C@@H](CC(C)C)c2nnc3n2CCN(C(=O)CC2=CCCCC2)CC3)c1. The van der Waals surface area contributed by atoms with Crippen LogP contribution in [0, 0.1) is 19.8 Å². The standard InChI is InChI=1S/C28H39N5O2/c1-19(2)14-24(29-28(35)23-16-20(3)15-21(4)17-23)27-31-30-25-10-11-32(12-13-33(25)27)26(34)18-22-8-6-5-7-9-22/h8,15-17,19,24H,5-7,9-14,18H2,1-4H3,(H,29,35)/t24-/m0/s1. The highest BCUT2D eigenvalue weighted by Gasteiger charge is 2.28. The molecule has 2 aliphatic rings. The Hall–Kier alpha value is -2.96. The van der Waals surface area contributed by atoms with Gasteiger partial charge >= 0.3 is 0 Å². The van der Waals surface area contributed by atoms with Gasteiger partial charge in [0.15, 0.2) is 5.82 Å². The van der Waals surface area contributed by atoms with Crippen LogP contribution in [0.2, 0.25) is 0 Å². The lowest BCUT2D eigenvalue weighted by Gasteiger charge is -2.23. The number of aromatic nitrogens is 3. The number of carbonyl (C=O) groups excluding carboxylic acids is 2. The van der Waals surface area contributed by atoms with E-state index in [2.05, 4.69) is 46.1 Å². The third kappa shape index (κ3) is 6.38. The number of nitrogens with zero attached hydrogens (tertiary/aromatic N) is 4. The Morgan fingerprint density at radius 1 is 1.00 bits per heavy atom. The Morgan fingerprint density at radius 3 is 2.46 bits per heavy atom. The number of aryl methyl sites for hydroxylation is 2. The van der Waals surface area contributed by atoms with Crippen LogP contribution < -0.4 is 5.32 Å². The van der Waals surface area contributed by atoms with Crippen LogP contribution in [0.3, 0.4) is 0 Å². The molecule has 1 aliphatic carbocycles. The molecule has 1 aliphatic heterocycles. The number of nitrogens with one attached hydrogen (secondary N) is 1. The molecule has 0 fully saturated rings. The highest BCUT2D eigenvalue weighted by atomic mass is 16.2. The van der Waals surface area contributed by atoms with Gasteiger partial charge in [-0.05, 0) is 64.0 Å². The van der Waals surface area contributed by atoms with Crippen molar-refractivity contribution in [3.8, 4) is 0 Å². The maximum Gasteiger partial charge on any atom is 0.251 e. The maximum atomic E-state index is 13.2. The first-order valence-electron chi connectivity index (χ1n) is 13.1. The first kappa shape index (κ1) is 25.1. The highest BCUT2D eigenvalue weighted by Crippen LogP contribution is 2.25. The zero-order valence-corrected chi connectivity index (χ0v) is 21.6. The summed E-state index contributed by atoms with van der Waals surface area (Å²) in [5, 5.41) is 12.2. The molecule has 1 aromatic heterocycles. The molecule has 0 radical (unpaired) electrons. The topological polar surface area (TPSA) is 80.1 Å². The van der Waals surface area contributed by atoms with E-state index in [9.17, 15) is 9.59 Å². The Morgan fingerprint density at radius 2 is 1.77 bits per heavy atom. The van der Waals surface area contributed by atoms with Gasteiger partial charge in [-0.3, -0.25) is 9.59 Å². The number of hydrogen-bond donors (Lipinski definition) is 1. The smallest absolute Gasteiger partial charge is 0.251 e. The number of rotatable bonds is 7. The number of hydrogen-bond acceptors (Lipinski definition) is 4. The van der Waals surface area contributed by atoms with Crippen molar-refractivity contribution in [2.45, 2.75) is 85.2 Å². The summed E-state index contributed by atoms with van der Waals surface area (Å²) < 4.78 is 2.13.